The normalized spacial score (nSPS) is 25.6. The Morgan fingerprint density at radius 3 is 2.75 bits per heavy atom. The van der Waals surface area contributed by atoms with Crippen LogP contribution in [0.15, 0.2) is 0 Å². The monoisotopic (exact) mass is 227 g/mol. The lowest BCUT2D eigenvalue weighted by molar-refractivity contribution is -0.123. The number of likely N-dealkylation sites (tertiary alicyclic amines) is 1. The minimum absolute atomic E-state index is 0.259. The summed E-state index contributed by atoms with van der Waals surface area (Å²) in [5.74, 6) is 0.566. The van der Waals surface area contributed by atoms with Crippen LogP contribution in [-0.2, 0) is 4.79 Å². The lowest BCUT2D eigenvalue weighted by Gasteiger charge is -2.26. The van der Waals surface area contributed by atoms with Crippen molar-refractivity contribution in [2.45, 2.75) is 38.6 Å². The van der Waals surface area contributed by atoms with Crippen molar-refractivity contribution in [2.24, 2.45) is 11.7 Å². The number of amides is 1. The van der Waals surface area contributed by atoms with Gasteiger partial charge < -0.3 is 16.0 Å². The van der Waals surface area contributed by atoms with E-state index in [0.717, 1.165) is 25.3 Å². The molecular formula is C12H25N3O. The quantitative estimate of drug-likeness (QED) is 0.697. The van der Waals surface area contributed by atoms with Crippen LogP contribution in [0.1, 0.15) is 33.1 Å². The standard InChI is InChI=1S/C12H25N3O/c1-10-5-8-15(9-10)7-4-6-12(2,14-3)11(13)16/h10,14H,4-9H2,1-3H3,(H2,13,16). The highest BCUT2D eigenvalue weighted by Gasteiger charge is 2.28. The number of nitrogens with zero attached hydrogens (tertiary/aromatic N) is 1. The van der Waals surface area contributed by atoms with Crippen LogP contribution in [0.25, 0.3) is 0 Å². The van der Waals surface area contributed by atoms with E-state index in [1.807, 2.05) is 6.92 Å². The molecule has 0 aromatic heterocycles. The van der Waals surface area contributed by atoms with Gasteiger partial charge in [0.2, 0.25) is 5.91 Å². The third kappa shape index (κ3) is 3.46. The maximum absolute atomic E-state index is 11.3. The summed E-state index contributed by atoms with van der Waals surface area (Å²) in [6.45, 7) is 7.65. The summed E-state index contributed by atoms with van der Waals surface area (Å²) in [5.41, 5.74) is 4.83. The van der Waals surface area contributed by atoms with Crippen molar-refractivity contribution in [3.63, 3.8) is 0 Å². The summed E-state index contributed by atoms with van der Waals surface area (Å²) in [6, 6.07) is 0. The Morgan fingerprint density at radius 1 is 1.62 bits per heavy atom. The van der Waals surface area contributed by atoms with Crippen LogP contribution in [0.5, 0.6) is 0 Å². The second-order valence-electron chi connectivity index (χ2n) is 5.24. The van der Waals surface area contributed by atoms with E-state index >= 15 is 0 Å². The number of nitrogens with two attached hydrogens (primary N) is 1. The van der Waals surface area contributed by atoms with E-state index < -0.39 is 5.54 Å². The van der Waals surface area contributed by atoms with Crippen molar-refractivity contribution in [3.8, 4) is 0 Å². The zero-order valence-corrected chi connectivity index (χ0v) is 10.8. The molecule has 0 aromatic rings. The molecule has 0 aromatic carbocycles. The fourth-order valence-electron chi connectivity index (χ4n) is 2.26. The van der Waals surface area contributed by atoms with Crippen molar-refractivity contribution in [1.29, 1.82) is 0 Å². The second-order valence-corrected chi connectivity index (χ2v) is 5.24. The molecule has 0 saturated carbocycles. The Hall–Kier alpha value is -0.610. The first-order valence-corrected chi connectivity index (χ1v) is 6.19. The van der Waals surface area contributed by atoms with Crippen LogP contribution >= 0.6 is 0 Å². The van der Waals surface area contributed by atoms with Gasteiger partial charge in [0.05, 0.1) is 5.54 Å². The maximum Gasteiger partial charge on any atom is 0.237 e. The highest BCUT2D eigenvalue weighted by atomic mass is 16.1. The predicted molar refractivity (Wildman–Crippen MR) is 66.1 cm³/mol. The lowest BCUT2D eigenvalue weighted by atomic mass is 9.95. The minimum atomic E-state index is -0.550. The van der Waals surface area contributed by atoms with E-state index in [4.69, 9.17) is 5.73 Å². The Labute approximate surface area is 98.6 Å². The molecule has 0 bridgehead atoms. The SMILES string of the molecule is CNC(C)(CCCN1CCC(C)C1)C(N)=O. The topological polar surface area (TPSA) is 58.4 Å². The summed E-state index contributed by atoms with van der Waals surface area (Å²) in [7, 11) is 1.79. The Morgan fingerprint density at radius 2 is 2.31 bits per heavy atom. The molecule has 16 heavy (non-hydrogen) atoms. The highest BCUT2D eigenvalue weighted by molar-refractivity contribution is 5.84. The molecule has 2 atom stereocenters. The molecule has 94 valence electrons. The molecule has 4 heteroatoms. The molecule has 0 aliphatic carbocycles. The number of likely N-dealkylation sites (N-methyl/N-ethyl adjacent to an activating group) is 1. The van der Waals surface area contributed by atoms with Gasteiger partial charge in [0.1, 0.15) is 0 Å². The minimum Gasteiger partial charge on any atom is -0.368 e. The molecule has 4 nitrogen and oxygen atoms in total. The van der Waals surface area contributed by atoms with E-state index in [1.54, 1.807) is 7.05 Å². The molecule has 1 aliphatic heterocycles. The summed E-state index contributed by atoms with van der Waals surface area (Å²) >= 11 is 0. The fourth-order valence-corrected chi connectivity index (χ4v) is 2.26. The lowest BCUT2D eigenvalue weighted by Crippen LogP contribution is -2.51. The number of primary amides is 1. The Kier molecular flexibility index (Phi) is 4.74. The summed E-state index contributed by atoms with van der Waals surface area (Å²) in [4.78, 5) is 13.8. The highest BCUT2D eigenvalue weighted by Crippen LogP contribution is 2.17. The van der Waals surface area contributed by atoms with Crippen molar-refractivity contribution in [3.05, 3.63) is 0 Å². The molecule has 0 spiro atoms. The number of carbonyl (C=O) groups is 1. The zero-order chi connectivity index (χ0) is 12.2. The van der Waals surface area contributed by atoms with E-state index in [0.29, 0.717) is 0 Å². The number of rotatable bonds is 6. The second kappa shape index (κ2) is 5.64. The average Bonchev–Trinajstić information content (AvgIpc) is 2.63. The first-order valence-electron chi connectivity index (χ1n) is 6.19. The molecule has 1 saturated heterocycles. The first-order chi connectivity index (χ1) is 7.48. The van der Waals surface area contributed by atoms with Crippen LogP contribution < -0.4 is 11.1 Å². The number of carbonyl (C=O) groups excluding carboxylic acids is 1. The van der Waals surface area contributed by atoms with Crippen LogP contribution in [0, 0.1) is 5.92 Å². The van der Waals surface area contributed by atoms with Gasteiger partial charge >= 0.3 is 0 Å². The molecule has 2 unspecified atom stereocenters. The van der Waals surface area contributed by atoms with Crippen molar-refractivity contribution >= 4 is 5.91 Å². The Balaban J connectivity index is 2.26. The molecule has 1 heterocycles. The first kappa shape index (κ1) is 13.5. The number of nitrogens with one attached hydrogen (secondary N) is 1. The molecule has 1 fully saturated rings. The molecule has 1 amide bonds. The summed E-state index contributed by atoms with van der Waals surface area (Å²) < 4.78 is 0. The molecule has 3 N–H and O–H groups in total. The third-order valence-electron chi connectivity index (χ3n) is 3.75. The van der Waals surface area contributed by atoms with Crippen LogP contribution in [0.4, 0.5) is 0 Å². The summed E-state index contributed by atoms with van der Waals surface area (Å²) in [6.07, 6.45) is 3.13. The largest absolute Gasteiger partial charge is 0.368 e. The van der Waals surface area contributed by atoms with E-state index in [1.165, 1.54) is 19.5 Å². The van der Waals surface area contributed by atoms with Gasteiger partial charge in [-0.25, -0.2) is 0 Å². The van der Waals surface area contributed by atoms with E-state index in [-0.39, 0.29) is 5.91 Å². The Bertz CT molecular complexity index is 244. The van der Waals surface area contributed by atoms with Gasteiger partial charge in [-0.1, -0.05) is 6.92 Å². The molecular weight excluding hydrogens is 202 g/mol. The van der Waals surface area contributed by atoms with Gasteiger partial charge in [-0.2, -0.15) is 0 Å². The van der Waals surface area contributed by atoms with Gasteiger partial charge in [0.25, 0.3) is 0 Å². The van der Waals surface area contributed by atoms with E-state index in [2.05, 4.69) is 17.1 Å². The van der Waals surface area contributed by atoms with Crippen LogP contribution in [-0.4, -0.2) is 43.0 Å². The van der Waals surface area contributed by atoms with E-state index in [9.17, 15) is 4.79 Å². The van der Waals surface area contributed by atoms with Gasteiger partial charge in [0.15, 0.2) is 0 Å². The number of hydrogen-bond acceptors (Lipinski definition) is 3. The smallest absolute Gasteiger partial charge is 0.237 e. The molecule has 1 rings (SSSR count). The van der Waals surface area contributed by atoms with Crippen LogP contribution in [0.3, 0.4) is 0 Å². The maximum atomic E-state index is 11.3. The van der Waals surface area contributed by atoms with Gasteiger partial charge in [0, 0.05) is 6.54 Å². The van der Waals surface area contributed by atoms with Gasteiger partial charge in [-0.15, -0.1) is 0 Å². The molecule has 1 aliphatic rings. The van der Waals surface area contributed by atoms with Gasteiger partial charge in [-0.3, -0.25) is 4.79 Å². The average molecular weight is 227 g/mol. The zero-order valence-electron chi connectivity index (χ0n) is 10.8. The van der Waals surface area contributed by atoms with Gasteiger partial charge in [-0.05, 0) is 52.2 Å². The molecule has 0 radical (unpaired) electrons. The number of hydrogen-bond donors (Lipinski definition) is 2. The fraction of sp³-hybridized carbons (Fsp3) is 0.917. The van der Waals surface area contributed by atoms with Crippen LogP contribution in [0.2, 0.25) is 0 Å². The van der Waals surface area contributed by atoms with Crippen molar-refractivity contribution in [1.82, 2.24) is 10.2 Å². The summed E-state index contributed by atoms with van der Waals surface area (Å²) in [5, 5.41) is 3.02. The third-order valence-corrected chi connectivity index (χ3v) is 3.75. The van der Waals surface area contributed by atoms with Crippen molar-refractivity contribution in [2.75, 3.05) is 26.7 Å². The van der Waals surface area contributed by atoms with Crippen molar-refractivity contribution < 1.29 is 4.79 Å². The predicted octanol–water partition coefficient (Wildman–Crippen LogP) is 0.572.